The van der Waals surface area contributed by atoms with Crippen LogP contribution in [0.1, 0.15) is 10.6 Å². The molecule has 0 fully saturated rings. The number of nitrogens with one attached hydrogen (secondary N) is 2. The van der Waals surface area contributed by atoms with Crippen LogP contribution in [0.2, 0.25) is 0 Å². The molecule has 2 rings (SSSR count). The number of anilines is 2. The summed E-state index contributed by atoms with van der Waals surface area (Å²) in [5.74, 6) is -0.712. The van der Waals surface area contributed by atoms with E-state index in [4.69, 9.17) is 16.2 Å². The van der Waals surface area contributed by atoms with Crippen molar-refractivity contribution in [3.8, 4) is 5.75 Å². The van der Waals surface area contributed by atoms with Gasteiger partial charge in [-0.15, -0.1) is 5.10 Å². The lowest BCUT2D eigenvalue weighted by Gasteiger charge is -2.07. The van der Waals surface area contributed by atoms with Crippen LogP contribution in [-0.4, -0.2) is 33.6 Å². The number of hydrogen-bond acceptors (Lipinski definition) is 6. The zero-order valence-corrected chi connectivity index (χ0v) is 10.3. The van der Waals surface area contributed by atoms with Gasteiger partial charge in [0.15, 0.2) is 6.61 Å². The van der Waals surface area contributed by atoms with Gasteiger partial charge in [0.25, 0.3) is 11.8 Å². The molecule has 0 aliphatic heterocycles. The maximum absolute atomic E-state index is 11.8. The van der Waals surface area contributed by atoms with Crippen LogP contribution in [-0.2, 0) is 4.79 Å². The van der Waals surface area contributed by atoms with Gasteiger partial charge in [-0.3, -0.25) is 14.7 Å². The number of rotatable bonds is 5. The van der Waals surface area contributed by atoms with Gasteiger partial charge in [-0.05, 0) is 12.1 Å². The molecule has 0 spiro atoms. The molecule has 1 heterocycles. The molecular weight excluding hydrogens is 264 g/mol. The van der Waals surface area contributed by atoms with Gasteiger partial charge in [0.1, 0.15) is 5.75 Å². The minimum atomic E-state index is -0.587. The number of ether oxygens (including phenoxy) is 1. The van der Waals surface area contributed by atoms with Crippen molar-refractivity contribution in [2.24, 2.45) is 5.73 Å². The van der Waals surface area contributed by atoms with Crippen LogP contribution in [0.4, 0.5) is 11.6 Å². The first kappa shape index (κ1) is 13.3. The fourth-order valence-electron chi connectivity index (χ4n) is 1.38. The molecule has 6 N–H and O–H groups in total. The number of nitrogens with two attached hydrogens (primary N) is 2. The topological polar surface area (TPSA) is 149 Å². The lowest BCUT2D eigenvalue weighted by Crippen LogP contribution is -2.20. The average molecular weight is 276 g/mol. The van der Waals surface area contributed by atoms with E-state index in [1.165, 1.54) is 0 Å². The highest BCUT2D eigenvalue weighted by atomic mass is 16.5. The maximum Gasteiger partial charge on any atom is 0.293 e. The van der Waals surface area contributed by atoms with Gasteiger partial charge in [0.2, 0.25) is 11.8 Å². The number of amides is 2. The molecule has 0 saturated heterocycles. The Kier molecular flexibility index (Phi) is 3.80. The second-order valence-electron chi connectivity index (χ2n) is 3.78. The minimum Gasteiger partial charge on any atom is -0.484 e. The zero-order valence-electron chi connectivity index (χ0n) is 10.3. The second kappa shape index (κ2) is 5.69. The smallest absolute Gasteiger partial charge is 0.293 e. The highest BCUT2D eigenvalue weighted by Crippen LogP contribution is 2.17. The normalized spacial score (nSPS) is 10.0. The van der Waals surface area contributed by atoms with E-state index in [9.17, 15) is 9.59 Å². The van der Waals surface area contributed by atoms with Gasteiger partial charge in [-0.1, -0.05) is 6.07 Å². The van der Waals surface area contributed by atoms with Crippen molar-refractivity contribution in [1.82, 2.24) is 15.2 Å². The van der Waals surface area contributed by atoms with Crippen molar-refractivity contribution in [3.63, 3.8) is 0 Å². The molecular formula is C11H12N6O3. The van der Waals surface area contributed by atoms with Gasteiger partial charge in [0, 0.05) is 11.8 Å². The van der Waals surface area contributed by atoms with Gasteiger partial charge in [-0.25, -0.2) is 0 Å². The summed E-state index contributed by atoms with van der Waals surface area (Å²) in [5, 5.41) is 8.52. The zero-order chi connectivity index (χ0) is 14.5. The summed E-state index contributed by atoms with van der Waals surface area (Å²) >= 11 is 0. The minimum absolute atomic E-state index is 0.00837. The van der Waals surface area contributed by atoms with Crippen LogP contribution >= 0.6 is 0 Å². The molecule has 104 valence electrons. The summed E-state index contributed by atoms with van der Waals surface area (Å²) in [6.45, 7) is -0.240. The quantitative estimate of drug-likeness (QED) is 0.578. The molecule has 0 aliphatic rings. The maximum atomic E-state index is 11.8. The molecule has 9 heteroatoms. The molecule has 1 aromatic heterocycles. The van der Waals surface area contributed by atoms with Crippen LogP contribution in [0.15, 0.2) is 24.3 Å². The van der Waals surface area contributed by atoms with E-state index in [1.54, 1.807) is 24.3 Å². The Balaban J connectivity index is 2.04. The van der Waals surface area contributed by atoms with Crippen molar-refractivity contribution >= 4 is 23.5 Å². The summed E-state index contributed by atoms with van der Waals surface area (Å²) in [4.78, 5) is 26.1. The predicted octanol–water partition coefficient (Wildman–Crippen LogP) is -0.497. The van der Waals surface area contributed by atoms with Crippen molar-refractivity contribution in [3.05, 3.63) is 30.1 Å². The molecule has 9 nitrogen and oxygen atoms in total. The molecule has 2 aromatic rings. The standard InChI is InChI=1S/C11H12N6O3/c12-8(18)5-20-7-3-1-2-6(4-7)14-10(19)9-15-11(13)17-16-9/h1-4H,5H2,(H2,12,18)(H,14,19)(H3,13,15,16,17). The Labute approximate surface area is 113 Å². The highest BCUT2D eigenvalue weighted by molar-refractivity contribution is 6.01. The first-order valence-corrected chi connectivity index (χ1v) is 5.55. The number of carbonyl (C=O) groups is 2. The summed E-state index contributed by atoms with van der Waals surface area (Å²) in [7, 11) is 0. The Morgan fingerprint density at radius 1 is 1.40 bits per heavy atom. The third kappa shape index (κ3) is 3.45. The number of hydrogen-bond donors (Lipinski definition) is 4. The number of carbonyl (C=O) groups excluding carboxylic acids is 2. The van der Waals surface area contributed by atoms with E-state index in [2.05, 4.69) is 20.5 Å². The molecule has 20 heavy (non-hydrogen) atoms. The van der Waals surface area contributed by atoms with E-state index in [0.29, 0.717) is 11.4 Å². The Bertz CT molecular complexity index is 639. The SMILES string of the molecule is NC(=O)COc1cccc(NC(=O)c2nc(N)n[nH]2)c1. The number of benzene rings is 1. The third-order valence-corrected chi connectivity index (χ3v) is 2.19. The fourth-order valence-corrected chi connectivity index (χ4v) is 1.38. The monoisotopic (exact) mass is 276 g/mol. The highest BCUT2D eigenvalue weighted by Gasteiger charge is 2.11. The first-order valence-electron chi connectivity index (χ1n) is 5.55. The molecule has 1 aromatic carbocycles. The van der Waals surface area contributed by atoms with E-state index in [1.807, 2.05) is 0 Å². The van der Waals surface area contributed by atoms with Crippen LogP contribution in [0.25, 0.3) is 0 Å². The van der Waals surface area contributed by atoms with Gasteiger partial charge >= 0.3 is 0 Å². The van der Waals surface area contributed by atoms with E-state index in [-0.39, 0.29) is 18.4 Å². The molecule has 0 atom stereocenters. The van der Waals surface area contributed by atoms with E-state index >= 15 is 0 Å². The van der Waals surface area contributed by atoms with Gasteiger partial charge < -0.3 is 21.5 Å². The van der Waals surface area contributed by atoms with Crippen molar-refractivity contribution in [1.29, 1.82) is 0 Å². The Morgan fingerprint density at radius 3 is 2.85 bits per heavy atom. The number of primary amides is 1. The lowest BCUT2D eigenvalue weighted by atomic mass is 10.3. The van der Waals surface area contributed by atoms with Crippen molar-refractivity contribution in [2.45, 2.75) is 0 Å². The Morgan fingerprint density at radius 2 is 2.20 bits per heavy atom. The van der Waals surface area contributed by atoms with E-state index in [0.717, 1.165) is 0 Å². The summed E-state index contributed by atoms with van der Waals surface area (Å²) in [6, 6.07) is 6.47. The number of aromatic nitrogens is 3. The number of aromatic amines is 1. The molecule has 0 bridgehead atoms. The lowest BCUT2D eigenvalue weighted by molar-refractivity contribution is -0.119. The Hall–Kier alpha value is -3.10. The summed E-state index contributed by atoms with van der Waals surface area (Å²) in [5.41, 5.74) is 10.7. The fraction of sp³-hybridized carbons (Fsp3) is 0.0909. The van der Waals surface area contributed by atoms with Gasteiger partial charge in [-0.2, -0.15) is 4.98 Å². The summed E-state index contributed by atoms with van der Waals surface area (Å²) in [6.07, 6.45) is 0. The van der Waals surface area contributed by atoms with Crippen LogP contribution in [0.3, 0.4) is 0 Å². The number of nitrogen functional groups attached to an aromatic ring is 1. The van der Waals surface area contributed by atoms with Crippen LogP contribution in [0, 0.1) is 0 Å². The number of H-pyrrole nitrogens is 1. The molecule has 0 aliphatic carbocycles. The van der Waals surface area contributed by atoms with Crippen molar-refractivity contribution in [2.75, 3.05) is 17.7 Å². The second-order valence-corrected chi connectivity index (χ2v) is 3.78. The third-order valence-electron chi connectivity index (χ3n) is 2.19. The predicted molar refractivity (Wildman–Crippen MR) is 69.9 cm³/mol. The number of nitrogens with zero attached hydrogens (tertiary/aromatic N) is 2. The average Bonchev–Trinajstić information content (AvgIpc) is 2.84. The van der Waals surface area contributed by atoms with Crippen molar-refractivity contribution < 1.29 is 14.3 Å². The van der Waals surface area contributed by atoms with Crippen LogP contribution < -0.4 is 21.5 Å². The molecule has 0 radical (unpaired) electrons. The summed E-state index contributed by atoms with van der Waals surface area (Å²) < 4.78 is 5.12. The largest absolute Gasteiger partial charge is 0.484 e. The molecule has 0 unspecified atom stereocenters. The first-order chi connectivity index (χ1) is 9.54. The molecule has 0 saturated carbocycles. The van der Waals surface area contributed by atoms with Crippen LogP contribution in [0.5, 0.6) is 5.75 Å². The van der Waals surface area contributed by atoms with E-state index < -0.39 is 11.8 Å². The molecule has 2 amide bonds. The van der Waals surface area contributed by atoms with Gasteiger partial charge in [0.05, 0.1) is 0 Å².